The molecule has 2 aromatic carbocycles. The third-order valence-electron chi connectivity index (χ3n) is 5.21. The maximum atomic E-state index is 13.4. The van der Waals surface area contributed by atoms with Crippen molar-refractivity contribution < 1.29 is 22.7 Å². The fourth-order valence-electron chi connectivity index (χ4n) is 3.71. The number of alkyl carbamates (subject to hydrolysis) is 1. The van der Waals surface area contributed by atoms with Gasteiger partial charge < -0.3 is 14.8 Å². The maximum Gasteiger partial charge on any atom is 0.408 e. The lowest BCUT2D eigenvalue weighted by Crippen LogP contribution is -2.45. The molecule has 1 N–H and O–H groups in total. The van der Waals surface area contributed by atoms with E-state index in [1.807, 2.05) is 26.0 Å². The van der Waals surface area contributed by atoms with Crippen LogP contribution in [0.2, 0.25) is 0 Å². The summed E-state index contributed by atoms with van der Waals surface area (Å²) >= 11 is 0. The monoisotopic (exact) mass is 429 g/mol. The van der Waals surface area contributed by atoms with Crippen LogP contribution in [-0.4, -0.2) is 37.2 Å². The van der Waals surface area contributed by atoms with Crippen molar-refractivity contribution in [1.82, 2.24) is 5.32 Å². The van der Waals surface area contributed by atoms with E-state index >= 15 is 0 Å². The van der Waals surface area contributed by atoms with Gasteiger partial charge >= 0.3 is 6.09 Å². The summed E-state index contributed by atoms with van der Waals surface area (Å²) in [7, 11) is -3.90. The van der Waals surface area contributed by atoms with Crippen LogP contribution in [0.25, 0.3) is 0 Å². The molecule has 0 aromatic heterocycles. The number of rotatable bonds is 5. The molecule has 0 spiro atoms. The summed E-state index contributed by atoms with van der Waals surface area (Å²) in [6, 6.07) is 13.8. The van der Waals surface area contributed by atoms with Crippen molar-refractivity contribution in [3.63, 3.8) is 0 Å². The first kappa shape index (κ1) is 22.0. The highest BCUT2D eigenvalue weighted by atomic mass is 32.2. The lowest BCUT2D eigenvalue weighted by molar-refractivity contribution is -0.110. The highest BCUT2D eigenvalue weighted by Gasteiger charge is 2.73. The van der Waals surface area contributed by atoms with Crippen molar-refractivity contribution in [2.45, 2.75) is 61.8 Å². The number of aldehydes is 1. The van der Waals surface area contributed by atoms with E-state index < -0.39 is 38.2 Å². The molecule has 1 aliphatic rings. The first-order valence-electron chi connectivity index (χ1n) is 9.75. The molecule has 0 unspecified atom stereocenters. The number of benzene rings is 2. The van der Waals surface area contributed by atoms with Gasteiger partial charge in [-0.3, -0.25) is 0 Å². The minimum absolute atomic E-state index is 0.116. The maximum absolute atomic E-state index is 13.4. The Morgan fingerprint density at radius 1 is 1.00 bits per heavy atom. The molecule has 1 aliphatic carbocycles. The first-order chi connectivity index (χ1) is 13.9. The standard InChI is InChI=1S/C23H27NO5S/c1-15-6-10-17(11-7-15)19-20(30(27,28)18-12-8-16(2)9-13-18)23(19,14-25)24-21(26)29-22(3,4)5/h6-14,19-20H,1-5H3,(H,24,26)/t19-,20+,23+/m1/s1. The number of carbonyl (C=O) groups is 2. The molecule has 7 heteroatoms. The minimum Gasteiger partial charge on any atom is -0.444 e. The van der Waals surface area contributed by atoms with Crippen LogP contribution in [0.4, 0.5) is 4.79 Å². The van der Waals surface area contributed by atoms with Crippen molar-refractivity contribution in [3.8, 4) is 0 Å². The molecule has 3 rings (SSSR count). The highest BCUT2D eigenvalue weighted by Crippen LogP contribution is 2.56. The Morgan fingerprint density at radius 3 is 1.97 bits per heavy atom. The van der Waals surface area contributed by atoms with Crippen LogP contribution in [0.5, 0.6) is 0 Å². The summed E-state index contributed by atoms with van der Waals surface area (Å²) in [5, 5.41) is 1.44. The van der Waals surface area contributed by atoms with Crippen molar-refractivity contribution in [3.05, 3.63) is 65.2 Å². The summed E-state index contributed by atoms with van der Waals surface area (Å²) in [4.78, 5) is 24.8. The average Bonchev–Trinajstić information content (AvgIpc) is 3.30. The SMILES string of the molecule is Cc1ccc([C@@H]2[C@H](S(=O)(=O)c3ccc(C)cc3)[C@@]2(C=O)NC(=O)OC(C)(C)C)cc1. The third-order valence-corrected chi connectivity index (χ3v) is 7.47. The van der Waals surface area contributed by atoms with Gasteiger partial charge in [-0.25, -0.2) is 13.2 Å². The van der Waals surface area contributed by atoms with Gasteiger partial charge in [-0.05, 0) is 52.3 Å². The number of carbonyl (C=O) groups excluding carboxylic acids is 2. The van der Waals surface area contributed by atoms with Crippen molar-refractivity contribution in [2.24, 2.45) is 0 Å². The van der Waals surface area contributed by atoms with Gasteiger partial charge in [-0.2, -0.15) is 0 Å². The predicted molar refractivity (Wildman–Crippen MR) is 114 cm³/mol. The summed E-state index contributed by atoms with van der Waals surface area (Å²) in [5.74, 6) is -0.713. The quantitative estimate of drug-likeness (QED) is 0.732. The first-order valence-corrected chi connectivity index (χ1v) is 11.3. The third kappa shape index (κ3) is 4.12. The van der Waals surface area contributed by atoms with Crippen LogP contribution in [0.1, 0.15) is 43.4 Å². The number of nitrogens with one attached hydrogen (secondary N) is 1. The summed E-state index contributed by atoms with van der Waals surface area (Å²) in [5.41, 5.74) is 0.224. The number of aryl methyl sites for hydroxylation is 2. The van der Waals surface area contributed by atoms with Gasteiger partial charge in [0.1, 0.15) is 22.7 Å². The molecule has 1 fully saturated rings. The van der Waals surface area contributed by atoms with E-state index in [1.54, 1.807) is 45.0 Å². The zero-order valence-corrected chi connectivity index (χ0v) is 18.6. The largest absolute Gasteiger partial charge is 0.444 e. The van der Waals surface area contributed by atoms with Gasteiger partial charge in [0.15, 0.2) is 9.84 Å². The Balaban J connectivity index is 2.04. The van der Waals surface area contributed by atoms with Gasteiger partial charge in [-0.15, -0.1) is 0 Å². The van der Waals surface area contributed by atoms with E-state index in [2.05, 4.69) is 5.32 Å². The molecule has 0 saturated heterocycles. The summed E-state index contributed by atoms with van der Waals surface area (Å²) in [6.07, 6.45) is -0.300. The van der Waals surface area contributed by atoms with Crippen LogP contribution in [0.3, 0.4) is 0 Å². The molecule has 0 aliphatic heterocycles. The van der Waals surface area contributed by atoms with Crippen LogP contribution >= 0.6 is 0 Å². The van der Waals surface area contributed by atoms with Gasteiger partial charge in [0.25, 0.3) is 0 Å². The van der Waals surface area contributed by atoms with Crippen LogP contribution < -0.4 is 5.32 Å². The van der Waals surface area contributed by atoms with Crippen molar-refractivity contribution in [1.29, 1.82) is 0 Å². The molecule has 30 heavy (non-hydrogen) atoms. The minimum atomic E-state index is -3.90. The molecule has 0 heterocycles. The molecular weight excluding hydrogens is 402 g/mol. The Hall–Kier alpha value is -2.67. The zero-order chi connectivity index (χ0) is 22.3. The Bertz CT molecular complexity index is 1050. The lowest BCUT2D eigenvalue weighted by atomic mass is 10.1. The summed E-state index contributed by atoms with van der Waals surface area (Å²) < 4.78 is 32.2. The second-order valence-corrected chi connectivity index (χ2v) is 10.9. The fraction of sp³-hybridized carbons (Fsp3) is 0.391. The average molecular weight is 430 g/mol. The second kappa shape index (κ2) is 7.54. The number of hydrogen-bond donors (Lipinski definition) is 1. The van der Waals surface area contributed by atoms with Crippen LogP contribution in [0, 0.1) is 13.8 Å². The molecular formula is C23H27NO5S. The van der Waals surface area contributed by atoms with E-state index in [-0.39, 0.29) is 4.90 Å². The highest BCUT2D eigenvalue weighted by molar-refractivity contribution is 7.92. The van der Waals surface area contributed by atoms with Crippen molar-refractivity contribution in [2.75, 3.05) is 0 Å². The molecule has 0 radical (unpaired) electrons. The Labute approximate surface area is 177 Å². The fourth-order valence-corrected chi connectivity index (χ4v) is 5.95. The number of ether oxygens (including phenoxy) is 1. The van der Waals surface area contributed by atoms with Gasteiger partial charge in [0.05, 0.1) is 4.90 Å². The number of hydrogen-bond acceptors (Lipinski definition) is 5. The second-order valence-electron chi connectivity index (χ2n) is 8.84. The molecule has 1 saturated carbocycles. The number of amides is 1. The Morgan fingerprint density at radius 2 is 1.50 bits per heavy atom. The van der Waals surface area contributed by atoms with Crippen LogP contribution in [-0.2, 0) is 19.4 Å². The van der Waals surface area contributed by atoms with E-state index in [1.165, 1.54) is 12.1 Å². The van der Waals surface area contributed by atoms with E-state index in [9.17, 15) is 18.0 Å². The predicted octanol–water partition coefficient (Wildman–Crippen LogP) is 3.71. The number of sulfone groups is 1. The molecule has 2 aromatic rings. The van der Waals surface area contributed by atoms with E-state index in [0.29, 0.717) is 11.8 Å². The van der Waals surface area contributed by atoms with Gasteiger partial charge in [0.2, 0.25) is 0 Å². The Kier molecular flexibility index (Phi) is 5.54. The van der Waals surface area contributed by atoms with Crippen LogP contribution in [0.15, 0.2) is 53.4 Å². The molecule has 160 valence electrons. The zero-order valence-electron chi connectivity index (χ0n) is 17.8. The molecule has 1 amide bonds. The normalized spacial score (nSPS) is 23.5. The van der Waals surface area contributed by atoms with E-state index in [0.717, 1.165) is 11.1 Å². The van der Waals surface area contributed by atoms with E-state index in [4.69, 9.17) is 4.74 Å². The molecule has 0 bridgehead atoms. The molecule has 6 nitrogen and oxygen atoms in total. The van der Waals surface area contributed by atoms with Gasteiger partial charge in [-0.1, -0.05) is 47.5 Å². The van der Waals surface area contributed by atoms with Crippen molar-refractivity contribution >= 4 is 22.2 Å². The topological polar surface area (TPSA) is 89.5 Å². The summed E-state index contributed by atoms with van der Waals surface area (Å²) in [6.45, 7) is 8.88. The van der Waals surface area contributed by atoms with Gasteiger partial charge in [0, 0.05) is 5.92 Å². The smallest absolute Gasteiger partial charge is 0.408 e. The molecule has 3 atom stereocenters. The lowest BCUT2D eigenvalue weighted by Gasteiger charge is -2.22.